The van der Waals surface area contributed by atoms with Gasteiger partial charge in [-0.3, -0.25) is 0 Å². The number of thiophene rings is 1. The van der Waals surface area contributed by atoms with E-state index >= 15 is 0 Å². The Morgan fingerprint density at radius 1 is 1.42 bits per heavy atom. The zero-order valence-electron chi connectivity index (χ0n) is 15.3. The van der Waals surface area contributed by atoms with E-state index in [4.69, 9.17) is 4.74 Å². The maximum Gasteiger partial charge on any atom is 0.124 e. The van der Waals surface area contributed by atoms with Crippen LogP contribution in [0.4, 0.5) is 0 Å². The number of aryl methyl sites for hydroxylation is 1. The Hall–Kier alpha value is -0.400. The van der Waals surface area contributed by atoms with Crippen LogP contribution in [0.15, 0.2) is 6.08 Å². The maximum atomic E-state index is 11.8. The van der Waals surface area contributed by atoms with Crippen LogP contribution >= 0.6 is 33.9 Å². The van der Waals surface area contributed by atoms with Gasteiger partial charge in [0, 0.05) is 16.0 Å². The number of rotatable bonds is 4. The third-order valence-corrected chi connectivity index (χ3v) is 6.44. The summed E-state index contributed by atoms with van der Waals surface area (Å²) in [5, 5.41) is 11.8. The van der Waals surface area contributed by atoms with Crippen LogP contribution in [0.5, 0.6) is 0 Å². The Labute approximate surface area is 162 Å². The van der Waals surface area contributed by atoms with Crippen molar-refractivity contribution >= 4 is 45.5 Å². The number of aliphatic carboxylic acids is 1. The van der Waals surface area contributed by atoms with Gasteiger partial charge in [0.05, 0.1) is 14.5 Å². The Morgan fingerprint density at radius 2 is 2.04 bits per heavy atom. The number of carboxylic acid groups (broad SMARTS) is 1. The SMILES string of the molecule is Cc1sc(I)c(C2=CCC(C)(C)CC2)c1C(OC(C)(C)C)C(=O)[O-]. The minimum atomic E-state index is -1.17. The van der Waals surface area contributed by atoms with Gasteiger partial charge in [0.1, 0.15) is 6.10 Å². The lowest BCUT2D eigenvalue weighted by Gasteiger charge is -2.32. The molecule has 24 heavy (non-hydrogen) atoms. The van der Waals surface area contributed by atoms with Crippen molar-refractivity contribution in [1.82, 2.24) is 0 Å². The van der Waals surface area contributed by atoms with Crippen molar-refractivity contribution in [2.45, 2.75) is 72.5 Å². The van der Waals surface area contributed by atoms with Crippen LogP contribution in [0, 0.1) is 15.2 Å². The summed E-state index contributed by atoms with van der Waals surface area (Å²) in [6.07, 6.45) is 4.35. The third-order valence-electron chi connectivity index (χ3n) is 4.33. The Bertz CT molecular complexity index is 665. The minimum Gasteiger partial charge on any atom is -0.547 e. The van der Waals surface area contributed by atoms with Gasteiger partial charge in [0.25, 0.3) is 0 Å². The largest absolute Gasteiger partial charge is 0.547 e. The van der Waals surface area contributed by atoms with Crippen LogP contribution in [0.2, 0.25) is 0 Å². The lowest BCUT2D eigenvalue weighted by Crippen LogP contribution is -2.36. The average molecular weight is 461 g/mol. The number of hydrogen-bond donors (Lipinski definition) is 0. The van der Waals surface area contributed by atoms with Crippen LogP contribution in [0.1, 0.15) is 76.0 Å². The van der Waals surface area contributed by atoms with Crippen LogP contribution in [-0.2, 0) is 9.53 Å². The highest BCUT2D eigenvalue weighted by molar-refractivity contribution is 14.1. The minimum absolute atomic E-state index is 0.315. The summed E-state index contributed by atoms with van der Waals surface area (Å²) in [4.78, 5) is 12.8. The highest BCUT2D eigenvalue weighted by Gasteiger charge is 2.31. The van der Waals surface area contributed by atoms with E-state index in [9.17, 15) is 9.90 Å². The van der Waals surface area contributed by atoms with Crippen LogP contribution in [0.3, 0.4) is 0 Å². The van der Waals surface area contributed by atoms with Crippen molar-refractivity contribution in [3.05, 3.63) is 25.0 Å². The molecule has 0 amide bonds. The first-order valence-corrected chi connectivity index (χ1v) is 10.2. The van der Waals surface area contributed by atoms with Gasteiger partial charge in [0.2, 0.25) is 0 Å². The van der Waals surface area contributed by atoms with Crippen molar-refractivity contribution in [2.24, 2.45) is 5.41 Å². The molecule has 0 bridgehead atoms. The van der Waals surface area contributed by atoms with E-state index in [2.05, 4.69) is 42.5 Å². The molecule has 1 heterocycles. The van der Waals surface area contributed by atoms with Crippen molar-refractivity contribution in [3.8, 4) is 0 Å². The van der Waals surface area contributed by atoms with Gasteiger partial charge in [-0.15, -0.1) is 11.3 Å². The molecule has 1 aliphatic carbocycles. The van der Waals surface area contributed by atoms with Crippen LogP contribution in [-0.4, -0.2) is 11.6 Å². The molecule has 1 aromatic rings. The molecule has 0 N–H and O–H groups in total. The van der Waals surface area contributed by atoms with Crippen molar-refractivity contribution in [2.75, 3.05) is 0 Å². The summed E-state index contributed by atoms with van der Waals surface area (Å²) in [6.45, 7) is 12.1. The summed E-state index contributed by atoms with van der Waals surface area (Å²) < 4.78 is 7.00. The molecule has 0 aromatic carbocycles. The first-order chi connectivity index (χ1) is 10.9. The number of carboxylic acids is 1. The van der Waals surface area contributed by atoms with Gasteiger partial charge in [-0.25, -0.2) is 0 Å². The molecular formula is C19H26IO3S-. The van der Waals surface area contributed by atoms with Gasteiger partial charge in [-0.1, -0.05) is 19.9 Å². The zero-order valence-corrected chi connectivity index (χ0v) is 18.3. The molecule has 0 fully saturated rings. The lowest BCUT2D eigenvalue weighted by atomic mass is 9.76. The summed E-state index contributed by atoms with van der Waals surface area (Å²) in [5.74, 6) is -1.17. The molecule has 1 aromatic heterocycles. The fourth-order valence-electron chi connectivity index (χ4n) is 3.02. The average Bonchev–Trinajstić information content (AvgIpc) is 2.70. The highest BCUT2D eigenvalue weighted by atomic mass is 127. The number of carbonyl (C=O) groups excluding carboxylic acids is 1. The first-order valence-electron chi connectivity index (χ1n) is 8.28. The number of hydrogen-bond acceptors (Lipinski definition) is 4. The normalized spacial score (nSPS) is 19.0. The quantitative estimate of drug-likeness (QED) is 0.602. The highest BCUT2D eigenvalue weighted by Crippen LogP contribution is 2.45. The maximum absolute atomic E-state index is 11.8. The van der Waals surface area contributed by atoms with E-state index in [0.29, 0.717) is 5.41 Å². The van der Waals surface area contributed by atoms with Crippen molar-refractivity contribution in [3.63, 3.8) is 0 Å². The van der Waals surface area contributed by atoms with Gasteiger partial charge in [0.15, 0.2) is 0 Å². The topological polar surface area (TPSA) is 49.4 Å². The molecule has 134 valence electrons. The molecule has 1 unspecified atom stereocenters. The smallest absolute Gasteiger partial charge is 0.124 e. The molecule has 5 heteroatoms. The standard InChI is InChI=1S/C19H27IO3S/c1-11-13(15(17(21)22)23-18(2,3)4)14(16(20)24-11)12-7-9-19(5,6)10-8-12/h7,15H,8-10H2,1-6H3,(H,21,22)/p-1. The predicted molar refractivity (Wildman–Crippen MR) is 106 cm³/mol. The second-order valence-corrected chi connectivity index (χ2v) is 11.3. The molecule has 0 radical (unpaired) electrons. The summed E-state index contributed by atoms with van der Waals surface area (Å²) >= 11 is 3.96. The summed E-state index contributed by atoms with van der Waals surface area (Å²) in [5.41, 5.74) is 2.86. The second-order valence-electron chi connectivity index (χ2n) is 8.25. The molecule has 1 aliphatic rings. The Kier molecular flexibility index (Phi) is 5.87. The van der Waals surface area contributed by atoms with E-state index in [1.54, 1.807) is 11.3 Å². The van der Waals surface area contributed by atoms with Gasteiger partial charge in [-0.05, 0) is 80.5 Å². The molecule has 2 rings (SSSR count). The fraction of sp³-hybridized carbons (Fsp3) is 0.632. The van der Waals surface area contributed by atoms with E-state index in [1.165, 1.54) is 5.57 Å². The van der Waals surface area contributed by atoms with Crippen LogP contribution in [0.25, 0.3) is 5.57 Å². The second kappa shape index (κ2) is 7.08. The van der Waals surface area contributed by atoms with E-state index in [0.717, 1.165) is 38.2 Å². The van der Waals surface area contributed by atoms with Gasteiger partial charge < -0.3 is 14.6 Å². The first kappa shape index (κ1) is 19.9. The molecule has 0 spiro atoms. The van der Waals surface area contributed by atoms with E-state index < -0.39 is 17.7 Å². The Balaban J connectivity index is 2.51. The van der Waals surface area contributed by atoms with Gasteiger partial charge >= 0.3 is 0 Å². The summed E-state index contributed by atoms with van der Waals surface area (Å²) in [6, 6.07) is 0. The van der Waals surface area contributed by atoms with Crippen LogP contribution < -0.4 is 5.11 Å². The lowest BCUT2D eigenvalue weighted by molar-refractivity contribution is -0.321. The summed E-state index contributed by atoms with van der Waals surface area (Å²) in [7, 11) is 0. The molecule has 0 aliphatic heterocycles. The molecule has 1 atom stereocenters. The van der Waals surface area contributed by atoms with Gasteiger partial charge in [-0.2, -0.15) is 0 Å². The zero-order chi connectivity index (χ0) is 18.3. The Morgan fingerprint density at radius 3 is 2.50 bits per heavy atom. The predicted octanol–water partition coefficient (Wildman–Crippen LogP) is 4.86. The van der Waals surface area contributed by atoms with E-state index in [1.807, 2.05) is 27.7 Å². The van der Waals surface area contributed by atoms with Crippen molar-refractivity contribution in [1.29, 1.82) is 0 Å². The third kappa shape index (κ3) is 4.61. The number of carbonyl (C=O) groups is 1. The van der Waals surface area contributed by atoms with Crippen molar-refractivity contribution < 1.29 is 14.6 Å². The van der Waals surface area contributed by atoms with E-state index in [-0.39, 0.29) is 0 Å². The molecular weight excluding hydrogens is 435 g/mol. The fourth-order valence-corrected chi connectivity index (χ4v) is 5.58. The molecule has 3 nitrogen and oxygen atoms in total. The number of ether oxygens (including phenoxy) is 1. The molecule has 0 saturated heterocycles. The molecule has 0 saturated carbocycles. The number of halogens is 1. The monoisotopic (exact) mass is 461 g/mol. The number of allylic oxidation sites excluding steroid dienone is 2.